The third kappa shape index (κ3) is 3.30. The number of hydrogen-bond donors (Lipinski definition) is 2. The quantitative estimate of drug-likeness (QED) is 0.914. The van der Waals surface area contributed by atoms with Crippen LogP contribution in [0.3, 0.4) is 0 Å². The highest BCUT2D eigenvalue weighted by molar-refractivity contribution is 9.10. The Kier molecular flexibility index (Phi) is 3.94. The summed E-state index contributed by atoms with van der Waals surface area (Å²) in [5.74, 6) is -0.213. The maximum Gasteiger partial charge on any atom is 0.270 e. The van der Waals surface area contributed by atoms with Gasteiger partial charge in [-0.25, -0.2) is 4.98 Å². The normalized spacial score (nSPS) is 10.1. The lowest BCUT2D eigenvalue weighted by Crippen LogP contribution is -2.23. The summed E-state index contributed by atoms with van der Waals surface area (Å²) in [5.41, 5.74) is 7.43. The summed E-state index contributed by atoms with van der Waals surface area (Å²) < 4.78 is 0.986. The van der Waals surface area contributed by atoms with Crippen molar-refractivity contribution in [2.24, 2.45) is 0 Å². The average Bonchev–Trinajstić information content (AvgIpc) is 2.37. The van der Waals surface area contributed by atoms with Gasteiger partial charge < -0.3 is 11.1 Å². The molecule has 1 aromatic heterocycles. The molecule has 18 heavy (non-hydrogen) atoms. The van der Waals surface area contributed by atoms with Crippen LogP contribution in [-0.2, 0) is 6.54 Å². The molecule has 3 N–H and O–H groups in total. The van der Waals surface area contributed by atoms with E-state index in [-0.39, 0.29) is 5.91 Å². The second kappa shape index (κ2) is 5.64. The van der Waals surface area contributed by atoms with Crippen molar-refractivity contribution in [3.05, 3.63) is 58.3 Å². The fourth-order valence-corrected chi connectivity index (χ4v) is 1.91. The third-order valence-corrected chi connectivity index (χ3v) is 2.85. The number of rotatable bonds is 3. The minimum absolute atomic E-state index is 0.213. The predicted octanol–water partition coefficient (Wildman–Crippen LogP) is 2.36. The highest BCUT2D eigenvalue weighted by Gasteiger charge is 2.06. The molecule has 4 nitrogen and oxygen atoms in total. The van der Waals surface area contributed by atoms with Gasteiger partial charge in [0.25, 0.3) is 5.91 Å². The monoisotopic (exact) mass is 305 g/mol. The number of pyridine rings is 1. The lowest BCUT2D eigenvalue weighted by atomic mass is 10.2. The molecule has 92 valence electrons. The van der Waals surface area contributed by atoms with Crippen molar-refractivity contribution in [1.82, 2.24) is 10.3 Å². The zero-order valence-corrected chi connectivity index (χ0v) is 11.1. The summed E-state index contributed by atoms with van der Waals surface area (Å²) in [5, 5.41) is 2.80. The third-order valence-electron chi connectivity index (χ3n) is 2.36. The molecule has 0 unspecified atom stereocenters. The molecular weight excluding hydrogens is 294 g/mol. The molecule has 0 atom stereocenters. The van der Waals surface area contributed by atoms with Crippen LogP contribution < -0.4 is 11.1 Å². The molecule has 1 heterocycles. The fraction of sp³-hybridized carbons (Fsp3) is 0.0769. The van der Waals surface area contributed by atoms with Crippen LogP contribution in [0.1, 0.15) is 16.1 Å². The maximum absolute atomic E-state index is 11.8. The molecule has 0 aliphatic heterocycles. The van der Waals surface area contributed by atoms with E-state index < -0.39 is 0 Å². The first kappa shape index (κ1) is 12.6. The Balaban J connectivity index is 1.98. The molecule has 0 saturated heterocycles. The van der Waals surface area contributed by atoms with E-state index in [1.54, 1.807) is 12.1 Å². The number of nitrogens with one attached hydrogen (secondary N) is 1. The van der Waals surface area contributed by atoms with Crippen LogP contribution in [-0.4, -0.2) is 10.9 Å². The molecule has 0 spiro atoms. The molecule has 0 aliphatic rings. The summed E-state index contributed by atoms with van der Waals surface area (Å²) in [6, 6.07) is 11.0. The van der Waals surface area contributed by atoms with Gasteiger partial charge in [0.1, 0.15) is 5.69 Å². The molecule has 0 fully saturated rings. The number of nitrogens with two attached hydrogens (primary N) is 1. The van der Waals surface area contributed by atoms with E-state index >= 15 is 0 Å². The van der Waals surface area contributed by atoms with Crippen molar-refractivity contribution < 1.29 is 4.79 Å². The van der Waals surface area contributed by atoms with Gasteiger partial charge in [0.15, 0.2) is 0 Å². The van der Waals surface area contributed by atoms with E-state index in [4.69, 9.17) is 5.73 Å². The first-order valence-electron chi connectivity index (χ1n) is 5.39. The first-order valence-corrected chi connectivity index (χ1v) is 6.18. The van der Waals surface area contributed by atoms with E-state index in [9.17, 15) is 4.79 Å². The second-order valence-corrected chi connectivity index (χ2v) is 4.71. The van der Waals surface area contributed by atoms with Crippen LogP contribution >= 0.6 is 15.9 Å². The van der Waals surface area contributed by atoms with Gasteiger partial charge in [0, 0.05) is 11.0 Å². The number of amides is 1. The SMILES string of the molecule is Nc1ccc(C(=O)NCc2cccc(Br)c2)nc1. The highest BCUT2D eigenvalue weighted by Crippen LogP contribution is 2.11. The topological polar surface area (TPSA) is 68.0 Å². The minimum atomic E-state index is -0.213. The Bertz CT molecular complexity index is 554. The van der Waals surface area contributed by atoms with Gasteiger partial charge in [-0.15, -0.1) is 0 Å². The zero-order valence-electron chi connectivity index (χ0n) is 9.56. The van der Waals surface area contributed by atoms with E-state index in [2.05, 4.69) is 26.2 Å². The molecule has 0 bridgehead atoms. The maximum atomic E-state index is 11.8. The first-order chi connectivity index (χ1) is 8.65. The molecule has 0 aliphatic carbocycles. The second-order valence-electron chi connectivity index (χ2n) is 3.79. The zero-order chi connectivity index (χ0) is 13.0. The summed E-state index contributed by atoms with van der Waals surface area (Å²) in [6.07, 6.45) is 1.47. The van der Waals surface area contributed by atoms with Crippen molar-refractivity contribution in [1.29, 1.82) is 0 Å². The highest BCUT2D eigenvalue weighted by atomic mass is 79.9. The van der Waals surface area contributed by atoms with E-state index in [0.717, 1.165) is 10.0 Å². The van der Waals surface area contributed by atoms with Crippen molar-refractivity contribution in [3.8, 4) is 0 Å². The summed E-state index contributed by atoms with van der Waals surface area (Å²) >= 11 is 3.38. The number of carbonyl (C=O) groups is 1. The van der Waals surface area contributed by atoms with Crippen molar-refractivity contribution in [2.45, 2.75) is 6.54 Å². The largest absolute Gasteiger partial charge is 0.397 e. The van der Waals surface area contributed by atoms with Gasteiger partial charge in [-0.2, -0.15) is 0 Å². The lowest BCUT2D eigenvalue weighted by molar-refractivity contribution is 0.0946. The Labute approximate surface area is 113 Å². The van der Waals surface area contributed by atoms with Gasteiger partial charge >= 0.3 is 0 Å². The van der Waals surface area contributed by atoms with E-state index in [1.807, 2.05) is 24.3 Å². The number of nitrogens with zero attached hydrogens (tertiary/aromatic N) is 1. The van der Waals surface area contributed by atoms with E-state index in [0.29, 0.717) is 17.9 Å². The summed E-state index contributed by atoms with van der Waals surface area (Å²) in [7, 11) is 0. The van der Waals surface area contributed by atoms with Gasteiger partial charge in [0.2, 0.25) is 0 Å². The number of benzene rings is 1. The average molecular weight is 306 g/mol. The Morgan fingerprint density at radius 1 is 1.33 bits per heavy atom. The Hall–Kier alpha value is -1.88. The fourth-order valence-electron chi connectivity index (χ4n) is 1.46. The number of aromatic nitrogens is 1. The molecular formula is C13H12BrN3O. The smallest absolute Gasteiger partial charge is 0.270 e. The van der Waals surface area contributed by atoms with Gasteiger partial charge in [-0.1, -0.05) is 28.1 Å². The van der Waals surface area contributed by atoms with Crippen molar-refractivity contribution in [2.75, 3.05) is 5.73 Å². The predicted molar refractivity (Wildman–Crippen MR) is 74.0 cm³/mol. The van der Waals surface area contributed by atoms with Crippen LogP contribution in [0.25, 0.3) is 0 Å². The summed E-state index contributed by atoms with van der Waals surface area (Å²) in [6.45, 7) is 0.463. The van der Waals surface area contributed by atoms with Gasteiger partial charge in [-0.3, -0.25) is 4.79 Å². The van der Waals surface area contributed by atoms with Crippen LogP contribution in [0.15, 0.2) is 47.1 Å². The molecule has 5 heteroatoms. The van der Waals surface area contributed by atoms with E-state index in [1.165, 1.54) is 6.20 Å². The molecule has 2 aromatic rings. The minimum Gasteiger partial charge on any atom is -0.397 e. The lowest BCUT2D eigenvalue weighted by Gasteiger charge is -2.05. The van der Waals surface area contributed by atoms with Crippen LogP contribution in [0, 0.1) is 0 Å². The summed E-state index contributed by atoms with van der Waals surface area (Å²) in [4.78, 5) is 15.7. The molecule has 1 aromatic carbocycles. The Morgan fingerprint density at radius 2 is 2.17 bits per heavy atom. The number of anilines is 1. The van der Waals surface area contributed by atoms with Gasteiger partial charge in [0.05, 0.1) is 11.9 Å². The Morgan fingerprint density at radius 3 is 2.83 bits per heavy atom. The number of carbonyl (C=O) groups excluding carboxylic acids is 1. The van der Waals surface area contributed by atoms with Gasteiger partial charge in [-0.05, 0) is 29.8 Å². The number of halogens is 1. The van der Waals surface area contributed by atoms with Crippen LogP contribution in [0.5, 0.6) is 0 Å². The van der Waals surface area contributed by atoms with Crippen LogP contribution in [0.2, 0.25) is 0 Å². The molecule has 2 rings (SSSR count). The standard InChI is InChI=1S/C13H12BrN3O/c14-10-3-1-2-9(6-10)7-17-13(18)12-5-4-11(15)8-16-12/h1-6,8H,7,15H2,(H,17,18). The van der Waals surface area contributed by atoms with Crippen molar-refractivity contribution >= 4 is 27.5 Å². The molecule has 1 amide bonds. The number of hydrogen-bond acceptors (Lipinski definition) is 3. The molecule has 0 radical (unpaired) electrons. The number of nitrogen functional groups attached to an aromatic ring is 1. The molecule has 0 saturated carbocycles. The van der Waals surface area contributed by atoms with Crippen LogP contribution in [0.4, 0.5) is 5.69 Å². The van der Waals surface area contributed by atoms with Crippen molar-refractivity contribution in [3.63, 3.8) is 0 Å².